The number of carbonyl (C=O) groups is 1. The van der Waals surface area contributed by atoms with Crippen molar-refractivity contribution < 1.29 is 4.79 Å². The molecule has 2 N–H and O–H groups in total. The van der Waals surface area contributed by atoms with Gasteiger partial charge in [-0.3, -0.25) is 4.79 Å². The molecule has 2 fully saturated rings. The van der Waals surface area contributed by atoms with Gasteiger partial charge in [0.15, 0.2) is 5.82 Å². The summed E-state index contributed by atoms with van der Waals surface area (Å²) in [6.07, 6.45) is 7.09. The third-order valence-electron chi connectivity index (χ3n) is 4.56. The van der Waals surface area contributed by atoms with Gasteiger partial charge in [0.25, 0.3) is 0 Å². The quantitative estimate of drug-likeness (QED) is 0.804. The molecule has 1 heterocycles. The Hall–Kier alpha value is -1.16. The summed E-state index contributed by atoms with van der Waals surface area (Å²) in [5.74, 6) is 1.85. The summed E-state index contributed by atoms with van der Waals surface area (Å²) in [4.78, 5) is 16.7. The molecule has 0 amide bonds. The van der Waals surface area contributed by atoms with Crippen molar-refractivity contribution in [3.8, 4) is 0 Å². The Kier molecular flexibility index (Phi) is 2.54. The van der Waals surface area contributed by atoms with E-state index in [0.29, 0.717) is 17.7 Å². The van der Waals surface area contributed by atoms with Gasteiger partial charge in [-0.05, 0) is 38.0 Å². The van der Waals surface area contributed by atoms with Crippen LogP contribution in [-0.4, -0.2) is 21.4 Å². The number of hydrogen-bond donors (Lipinski definition) is 1. The molecule has 92 valence electrons. The molecule has 0 radical (unpaired) electrons. The van der Waals surface area contributed by atoms with Gasteiger partial charge in [0.2, 0.25) is 5.78 Å². The molecule has 2 aliphatic rings. The van der Waals surface area contributed by atoms with Crippen LogP contribution in [0, 0.1) is 17.8 Å². The average Bonchev–Trinajstić information content (AvgIpc) is 3.02. The lowest BCUT2D eigenvalue weighted by atomic mass is 9.82. The minimum Gasteiger partial charge on any atom is -0.329 e. The third-order valence-corrected chi connectivity index (χ3v) is 4.56. The van der Waals surface area contributed by atoms with Crippen LogP contribution in [-0.2, 0) is 6.54 Å². The maximum Gasteiger partial charge on any atom is 0.203 e. The van der Waals surface area contributed by atoms with Crippen molar-refractivity contribution in [3.63, 3.8) is 0 Å². The number of nitrogens with two attached hydrogens (primary N) is 1. The van der Waals surface area contributed by atoms with E-state index in [0.717, 1.165) is 13.0 Å². The summed E-state index contributed by atoms with van der Waals surface area (Å²) in [6, 6.07) is 0.0586. The number of hydrogen-bond acceptors (Lipinski definition) is 3. The Morgan fingerprint density at radius 2 is 2.29 bits per heavy atom. The maximum absolute atomic E-state index is 12.5. The summed E-state index contributed by atoms with van der Waals surface area (Å²) < 4.78 is 1.92. The van der Waals surface area contributed by atoms with E-state index in [2.05, 4.69) is 4.98 Å². The molecular formula is C13H19N3O. The van der Waals surface area contributed by atoms with Gasteiger partial charge in [-0.25, -0.2) is 4.98 Å². The lowest BCUT2D eigenvalue weighted by Gasteiger charge is -2.26. The van der Waals surface area contributed by atoms with Crippen molar-refractivity contribution in [1.82, 2.24) is 9.55 Å². The van der Waals surface area contributed by atoms with Crippen molar-refractivity contribution >= 4 is 5.78 Å². The molecule has 3 rings (SSSR count). The van der Waals surface area contributed by atoms with Gasteiger partial charge >= 0.3 is 0 Å². The van der Waals surface area contributed by atoms with E-state index in [1.165, 1.54) is 12.8 Å². The van der Waals surface area contributed by atoms with E-state index < -0.39 is 0 Å². The Morgan fingerprint density at radius 1 is 1.53 bits per heavy atom. The number of carbonyl (C=O) groups excluding carboxylic acids is 1. The maximum atomic E-state index is 12.5. The molecule has 4 unspecified atom stereocenters. The molecule has 0 spiro atoms. The predicted octanol–water partition coefficient (Wildman–Crippen LogP) is 1.46. The zero-order chi connectivity index (χ0) is 12.0. The molecular weight excluding hydrogens is 214 g/mol. The highest BCUT2D eigenvalue weighted by atomic mass is 16.1. The highest BCUT2D eigenvalue weighted by Gasteiger charge is 2.49. The number of aryl methyl sites for hydroxylation is 1. The molecule has 4 nitrogen and oxygen atoms in total. The third kappa shape index (κ3) is 1.54. The van der Waals surface area contributed by atoms with Crippen LogP contribution in [0.15, 0.2) is 12.4 Å². The smallest absolute Gasteiger partial charge is 0.203 e. The molecule has 4 heteroatoms. The molecule has 2 bridgehead atoms. The number of Topliss-reactive ketones (excluding diaryl/α,β-unsaturated/α-hetero) is 1. The van der Waals surface area contributed by atoms with Crippen LogP contribution in [0.3, 0.4) is 0 Å². The number of aromatic nitrogens is 2. The number of nitrogens with zero attached hydrogens (tertiary/aromatic N) is 2. The van der Waals surface area contributed by atoms with Crippen LogP contribution in [0.1, 0.15) is 36.8 Å². The Balaban J connectivity index is 1.88. The van der Waals surface area contributed by atoms with E-state index in [4.69, 9.17) is 5.73 Å². The summed E-state index contributed by atoms with van der Waals surface area (Å²) in [5.41, 5.74) is 6.20. The largest absolute Gasteiger partial charge is 0.329 e. The molecule has 0 aromatic carbocycles. The summed E-state index contributed by atoms with van der Waals surface area (Å²) in [7, 11) is 0. The fourth-order valence-electron chi connectivity index (χ4n) is 3.66. The minimum absolute atomic E-state index is 0.0152. The monoisotopic (exact) mass is 233 g/mol. The topological polar surface area (TPSA) is 60.9 Å². The van der Waals surface area contributed by atoms with Gasteiger partial charge in [0.05, 0.1) is 0 Å². The molecule has 1 aromatic heterocycles. The molecule has 1 aromatic rings. The summed E-state index contributed by atoms with van der Waals surface area (Å²) in [6.45, 7) is 2.82. The standard InChI is InChI=1S/C13H19N3O/c1-2-16-6-5-15-13(16)12(17)10-8-3-4-9(7-8)11(10)14/h5-6,8-11H,2-4,7,14H2,1H3. The van der Waals surface area contributed by atoms with Crippen LogP contribution in [0.2, 0.25) is 0 Å². The molecule has 0 saturated heterocycles. The molecule has 0 aliphatic heterocycles. The summed E-state index contributed by atoms with van der Waals surface area (Å²) in [5, 5.41) is 0. The number of fused-ring (bicyclic) bond motifs is 2. The van der Waals surface area contributed by atoms with E-state index in [1.54, 1.807) is 6.20 Å². The lowest BCUT2D eigenvalue weighted by molar-refractivity contribution is 0.0840. The van der Waals surface area contributed by atoms with Gasteiger partial charge in [-0.1, -0.05) is 0 Å². The molecule has 2 saturated carbocycles. The molecule has 4 atom stereocenters. The lowest BCUT2D eigenvalue weighted by Crippen LogP contribution is -2.41. The van der Waals surface area contributed by atoms with Crippen molar-refractivity contribution in [2.75, 3.05) is 0 Å². The predicted molar refractivity (Wildman–Crippen MR) is 64.5 cm³/mol. The van der Waals surface area contributed by atoms with Gasteiger partial charge in [0, 0.05) is 30.9 Å². The zero-order valence-electron chi connectivity index (χ0n) is 10.2. The highest BCUT2D eigenvalue weighted by Crippen LogP contribution is 2.48. The molecule has 17 heavy (non-hydrogen) atoms. The number of imidazole rings is 1. The zero-order valence-corrected chi connectivity index (χ0v) is 10.2. The van der Waals surface area contributed by atoms with Gasteiger partial charge in [0.1, 0.15) is 0 Å². The van der Waals surface area contributed by atoms with E-state index in [-0.39, 0.29) is 17.7 Å². The van der Waals surface area contributed by atoms with Gasteiger partial charge in [-0.15, -0.1) is 0 Å². The van der Waals surface area contributed by atoms with Crippen molar-refractivity contribution in [2.45, 2.75) is 38.8 Å². The van der Waals surface area contributed by atoms with Crippen molar-refractivity contribution in [2.24, 2.45) is 23.5 Å². The Labute approximate surface area is 101 Å². The molecule has 2 aliphatic carbocycles. The fraction of sp³-hybridized carbons (Fsp3) is 0.692. The van der Waals surface area contributed by atoms with Crippen molar-refractivity contribution in [3.05, 3.63) is 18.2 Å². The first-order valence-electron chi connectivity index (χ1n) is 6.53. The summed E-state index contributed by atoms with van der Waals surface area (Å²) >= 11 is 0. The normalized spacial score (nSPS) is 35.4. The van der Waals surface area contributed by atoms with Crippen molar-refractivity contribution in [1.29, 1.82) is 0 Å². The highest BCUT2D eigenvalue weighted by molar-refractivity contribution is 5.95. The Bertz CT molecular complexity index is 438. The minimum atomic E-state index is 0.0152. The SMILES string of the molecule is CCn1ccnc1C(=O)C1C2CCC(C2)C1N. The second kappa shape index (κ2) is 3.95. The van der Waals surface area contributed by atoms with Crippen LogP contribution in [0.25, 0.3) is 0 Å². The van der Waals surface area contributed by atoms with Crippen LogP contribution in [0.5, 0.6) is 0 Å². The van der Waals surface area contributed by atoms with Crippen LogP contribution >= 0.6 is 0 Å². The Morgan fingerprint density at radius 3 is 2.94 bits per heavy atom. The second-order valence-corrected chi connectivity index (χ2v) is 5.34. The van der Waals surface area contributed by atoms with Gasteiger partial charge in [-0.2, -0.15) is 0 Å². The second-order valence-electron chi connectivity index (χ2n) is 5.34. The van der Waals surface area contributed by atoms with Crippen LogP contribution in [0.4, 0.5) is 0 Å². The van der Waals surface area contributed by atoms with E-state index in [9.17, 15) is 4.79 Å². The van der Waals surface area contributed by atoms with E-state index in [1.807, 2.05) is 17.7 Å². The first-order chi connectivity index (χ1) is 8.22. The van der Waals surface area contributed by atoms with E-state index >= 15 is 0 Å². The first kappa shape index (κ1) is 11.0. The fourth-order valence-corrected chi connectivity index (χ4v) is 3.66. The number of ketones is 1. The van der Waals surface area contributed by atoms with Gasteiger partial charge < -0.3 is 10.3 Å². The average molecular weight is 233 g/mol. The number of rotatable bonds is 3. The first-order valence-corrected chi connectivity index (χ1v) is 6.53. The van der Waals surface area contributed by atoms with Crippen LogP contribution < -0.4 is 5.73 Å².